The molecule has 0 spiro atoms. The first kappa shape index (κ1) is 25.6. The predicted molar refractivity (Wildman–Crippen MR) is 110 cm³/mol. The van der Waals surface area contributed by atoms with Crippen molar-refractivity contribution in [3.8, 4) is 0 Å². The zero-order valence-corrected chi connectivity index (χ0v) is 16.4. The number of carboxylic acid groups (broad SMARTS) is 1. The van der Waals surface area contributed by atoms with Crippen molar-refractivity contribution in [1.29, 1.82) is 0 Å². The van der Waals surface area contributed by atoms with Gasteiger partial charge in [-0.2, -0.15) is 0 Å². The molecule has 29 heavy (non-hydrogen) atoms. The summed E-state index contributed by atoms with van der Waals surface area (Å²) in [4.78, 5) is 31.0. The number of carboxylic acids is 1. The Morgan fingerprint density at radius 3 is 2.28 bits per heavy atom. The number of aliphatic carboxylic acids is 1. The second kappa shape index (κ2) is 15.6. The van der Waals surface area contributed by atoms with Crippen molar-refractivity contribution in [2.24, 2.45) is 0 Å². The van der Waals surface area contributed by atoms with E-state index in [2.05, 4.69) is 29.2 Å². The van der Waals surface area contributed by atoms with Crippen LogP contribution >= 0.6 is 0 Å². The van der Waals surface area contributed by atoms with Gasteiger partial charge < -0.3 is 19.3 Å². The minimum atomic E-state index is -1.05. The number of benzene rings is 1. The summed E-state index contributed by atoms with van der Waals surface area (Å²) in [5.41, 5.74) is 1.41. The lowest BCUT2D eigenvalue weighted by atomic mass is 10.2. The Morgan fingerprint density at radius 2 is 1.86 bits per heavy atom. The Morgan fingerprint density at radius 1 is 1.24 bits per heavy atom. The van der Waals surface area contributed by atoms with E-state index in [1.54, 1.807) is 0 Å². The third kappa shape index (κ3) is 15.3. The SMILES string of the molecule is C=C(CC=CC(=O)O)C(=O)OC.C=CC(=O)OCC1CO1.C=Cc1ccccc1. The lowest BCUT2D eigenvalue weighted by Crippen LogP contribution is -2.06. The number of carbonyl (C=O) groups excluding carboxylic acids is 2. The van der Waals surface area contributed by atoms with Gasteiger partial charge in [0, 0.05) is 17.7 Å². The molecule has 1 aromatic carbocycles. The van der Waals surface area contributed by atoms with Gasteiger partial charge in [-0.1, -0.05) is 62.2 Å². The highest BCUT2D eigenvalue weighted by molar-refractivity contribution is 5.88. The molecule has 2 rings (SSSR count). The maximum absolute atomic E-state index is 10.7. The summed E-state index contributed by atoms with van der Waals surface area (Å²) in [7, 11) is 1.24. The Labute approximate surface area is 170 Å². The molecule has 0 aliphatic carbocycles. The van der Waals surface area contributed by atoms with Crippen LogP contribution in [-0.2, 0) is 28.6 Å². The summed E-state index contributed by atoms with van der Waals surface area (Å²) in [6.45, 7) is 11.4. The van der Waals surface area contributed by atoms with Gasteiger partial charge in [0.1, 0.15) is 12.7 Å². The third-order valence-electron chi connectivity index (χ3n) is 3.11. The quantitative estimate of drug-likeness (QED) is 0.405. The number of methoxy groups -OCH3 is 1. The van der Waals surface area contributed by atoms with Gasteiger partial charge in [0.15, 0.2) is 0 Å². The maximum Gasteiger partial charge on any atom is 0.333 e. The zero-order valence-electron chi connectivity index (χ0n) is 16.4. The van der Waals surface area contributed by atoms with Gasteiger partial charge in [-0.15, -0.1) is 0 Å². The predicted octanol–water partition coefficient (Wildman–Crippen LogP) is 3.19. The van der Waals surface area contributed by atoms with Crippen LogP contribution in [0.15, 0.2) is 73.9 Å². The molecule has 0 aromatic heterocycles. The zero-order chi connectivity index (χ0) is 22.1. The summed E-state index contributed by atoms with van der Waals surface area (Å²) >= 11 is 0. The average molecular weight is 402 g/mol. The van der Waals surface area contributed by atoms with Gasteiger partial charge in [-0.25, -0.2) is 14.4 Å². The standard InChI is InChI=1S/C8H10O4.C8H8.C6H8O3/c1-6(8(11)12-2)4-3-5-7(9)10;1-2-8-6-4-3-5-7-8;1-2-6(7)9-4-5-3-8-5/h3,5H,1,4H2,2H3,(H,9,10);2-7H,1H2;2,5H,1,3-4H2. The van der Waals surface area contributed by atoms with Gasteiger partial charge in [0.25, 0.3) is 0 Å². The number of allylic oxidation sites excluding steroid dienone is 1. The molecule has 1 aliphatic heterocycles. The highest BCUT2D eigenvalue weighted by Crippen LogP contribution is 2.08. The molecule has 156 valence electrons. The van der Waals surface area contributed by atoms with E-state index < -0.39 is 11.9 Å². The van der Waals surface area contributed by atoms with E-state index >= 15 is 0 Å². The first-order valence-corrected chi connectivity index (χ1v) is 8.57. The Balaban J connectivity index is 0.000000414. The van der Waals surface area contributed by atoms with E-state index in [-0.39, 0.29) is 24.1 Å². The molecular weight excluding hydrogens is 376 g/mol. The van der Waals surface area contributed by atoms with Crippen molar-refractivity contribution in [3.05, 3.63) is 79.4 Å². The van der Waals surface area contributed by atoms with E-state index in [1.807, 2.05) is 36.4 Å². The fourth-order valence-electron chi connectivity index (χ4n) is 1.52. The maximum atomic E-state index is 10.7. The van der Waals surface area contributed by atoms with E-state index in [1.165, 1.54) is 18.7 Å². The van der Waals surface area contributed by atoms with Crippen molar-refractivity contribution in [3.63, 3.8) is 0 Å². The number of hydrogen-bond donors (Lipinski definition) is 1. The molecule has 1 N–H and O–H groups in total. The molecule has 7 heteroatoms. The van der Waals surface area contributed by atoms with Crippen LogP contribution in [0.5, 0.6) is 0 Å². The number of epoxide rings is 1. The van der Waals surface area contributed by atoms with Crippen molar-refractivity contribution in [2.45, 2.75) is 12.5 Å². The van der Waals surface area contributed by atoms with Crippen LogP contribution in [-0.4, -0.2) is 49.4 Å². The van der Waals surface area contributed by atoms with Gasteiger partial charge in [-0.3, -0.25) is 0 Å². The van der Waals surface area contributed by atoms with E-state index in [0.717, 1.165) is 12.2 Å². The highest BCUT2D eigenvalue weighted by Gasteiger charge is 2.23. The normalized spacial score (nSPS) is 13.5. The Kier molecular flexibility index (Phi) is 13.7. The van der Waals surface area contributed by atoms with E-state index in [4.69, 9.17) is 9.84 Å². The van der Waals surface area contributed by atoms with Crippen LogP contribution in [0.2, 0.25) is 0 Å². The fraction of sp³-hybridized carbons (Fsp3) is 0.227. The summed E-state index contributed by atoms with van der Waals surface area (Å²) in [5, 5.41) is 8.19. The number of rotatable bonds is 8. The smallest absolute Gasteiger partial charge is 0.333 e. The van der Waals surface area contributed by atoms with Crippen molar-refractivity contribution < 1.29 is 33.7 Å². The van der Waals surface area contributed by atoms with Crippen LogP contribution in [0.3, 0.4) is 0 Å². The van der Waals surface area contributed by atoms with E-state index in [0.29, 0.717) is 13.2 Å². The van der Waals surface area contributed by atoms with Crippen molar-refractivity contribution in [2.75, 3.05) is 20.3 Å². The van der Waals surface area contributed by atoms with Gasteiger partial charge >= 0.3 is 17.9 Å². The lowest BCUT2D eigenvalue weighted by Gasteiger charge is -1.97. The molecule has 7 nitrogen and oxygen atoms in total. The topological polar surface area (TPSA) is 102 Å². The Hall–Kier alpha value is -3.45. The van der Waals surface area contributed by atoms with E-state index in [9.17, 15) is 14.4 Å². The van der Waals surface area contributed by atoms with Crippen LogP contribution < -0.4 is 0 Å². The average Bonchev–Trinajstić information content (AvgIpc) is 3.57. The molecule has 0 saturated carbocycles. The molecule has 1 atom stereocenters. The third-order valence-corrected chi connectivity index (χ3v) is 3.11. The first-order valence-electron chi connectivity index (χ1n) is 8.57. The molecule has 1 saturated heterocycles. The number of esters is 2. The molecule has 0 radical (unpaired) electrons. The lowest BCUT2D eigenvalue weighted by molar-refractivity contribution is -0.138. The molecule has 0 amide bonds. The molecule has 0 bridgehead atoms. The summed E-state index contributed by atoms with van der Waals surface area (Å²) in [6.07, 6.45) is 5.60. The molecule has 1 fully saturated rings. The van der Waals surface area contributed by atoms with Gasteiger partial charge in [-0.05, 0) is 12.0 Å². The fourth-order valence-corrected chi connectivity index (χ4v) is 1.52. The minimum Gasteiger partial charge on any atom is -0.478 e. The number of hydrogen-bond acceptors (Lipinski definition) is 6. The largest absolute Gasteiger partial charge is 0.478 e. The summed E-state index contributed by atoms with van der Waals surface area (Å²) in [6, 6.07) is 10.0. The molecule has 1 aromatic rings. The molecular formula is C22H26O7. The number of ether oxygens (including phenoxy) is 3. The van der Waals surface area contributed by atoms with Crippen LogP contribution in [0.4, 0.5) is 0 Å². The highest BCUT2D eigenvalue weighted by atomic mass is 16.6. The van der Waals surface area contributed by atoms with Gasteiger partial charge in [0.05, 0.1) is 13.7 Å². The number of carbonyl (C=O) groups is 3. The molecule has 1 aliphatic rings. The monoisotopic (exact) mass is 402 g/mol. The molecule has 1 heterocycles. The van der Waals surface area contributed by atoms with Crippen molar-refractivity contribution in [1.82, 2.24) is 0 Å². The van der Waals surface area contributed by atoms with Crippen LogP contribution in [0.1, 0.15) is 12.0 Å². The first-order chi connectivity index (χ1) is 13.8. The van der Waals surface area contributed by atoms with Crippen molar-refractivity contribution >= 4 is 24.0 Å². The Bertz CT molecular complexity index is 716. The van der Waals surface area contributed by atoms with Gasteiger partial charge in [0.2, 0.25) is 0 Å². The van der Waals surface area contributed by atoms with Crippen LogP contribution in [0, 0.1) is 0 Å². The molecule has 1 unspecified atom stereocenters. The minimum absolute atomic E-state index is 0.147. The second-order valence-electron chi connectivity index (χ2n) is 5.44. The second-order valence-corrected chi connectivity index (χ2v) is 5.44. The summed E-state index contributed by atoms with van der Waals surface area (Å²) < 4.78 is 13.8. The van der Waals surface area contributed by atoms with Crippen LogP contribution in [0.25, 0.3) is 6.08 Å². The summed E-state index contributed by atoms with van der Waals surface area (Å²) in [5.74, 6) is -1.96.